The van der Waals surface area contributed by atoms with E-state index >= 15 is 0 Å². The molecule has 29 heavy (non-hydrogen) atoms. The quantitative estimate of drug-likeness (QED) is 0.542. The molecule has 1 aromatic carbocycles. The number of ketones is 1. The Labute approximate surface area is 171 Å². The van der Waals surface area contributed by atoms with E-state index in [1.54, 1.807) is 11.0 Å². The number of aryl methyl sites for hydroxylation is 1. The summed E-state index contributed by atoms with van der Waals surface area (Å²) in [5, 5.41) is 0. The summed E-state index contributed by atoms with van der Waals surface area (Å²) < 4.78 is 7.67. The van der Waals surface area contributed by atoms with Gasteiger partial charge in [-0.25, -0.2) is 4.98 Å². The van der Waals surface area contributed by atoms with Crippen molar-refractivity contribution in [3.05, 3.63) is 59.9 Å². The molecule has 0 aliphatic heterocycles. The number of carbonyl (C=O) groups is 2. The topological polar surface area (TPSA) is 63.9 Å². The third-order valence-electron chi connectivity index (χ3n) is 4.78. The molecule has 2 aromatic heterocycles. The van der Waals surface area contributed by atoms with Gasteiger partial charge in [0.15, 0.2) is 17.2 Å². The zero-order valence-electron chi connectivity index (χ0n) is 17.4. The number of carbonyl (C=O) groups excluding carboxylic acids is 2. The fourth-order valence-electron chi connectivity index (χ4n) is 3.03. The summed E-state index contributed by atoms with van der Waals surface area (Å²) >= 11 is 0. The minimum atomic E-state index is -0.468. The minimum absolute atomic E-state index is 0.0144. The molecule has 2 heterocycles. The molecule has 0 saturated heterocycles. The van der Waals surface area contributed by atoms with Gasteiger partial charge in [-0.2, -0.15) is 0 Å². The van der Waals surface area contributed by atoms with Crippen molar-refractivity contribution in [2.45, 2.75) is 40.7 Å². The molecule has 3 aromatic rings. The molecule has 0 aliphatic rings. The lowest BCUT2D eigenvalue weighted by molar-refractivity contribution is -0.128. The molecule has 0 atom stereocenters. The van der Waals surface area contributed by atoms with Crippen LogP contribution >= 0.6 is 0 Å². The second-order valence-electron chi connectivity index (χ2n) is 7.98. The summed E-state index contributed by atoms with van der Waals surface area (Å²) in [6.45, 7) is 8.03. The monoisotopic (exact) mass is 393 g/mol. The Hall–Kier alpha value is -3.15. The van der Waals surface area contributed by atoms with E-state index in [1.165, 1.54) is 0 Å². The highest BCUT2D eigenvalue weighted by Crippen LogP contribution is 2.29. The Balaban J connectivity index is 1.97. The highest BCUT2D eigenvalue weighted by molar-refractivity contribution is 5.85. The normalized spacial score (nSPS) is 11.4. The smallest absolute Gasteiger partial charge is 0.215 e. The summed E-state index contributed by atoms with van der Waals surface area (Å²) in [5.41, 5.74) is 1.96. The maximum Gasteiger partial charge on any atom is 0.215 e. The Morgan fingerprint density at radius 3 is 2.52 bits per heavy atom. The van der Waals surface area contributed by atoms with E-state index in [0.717, 1.165) is 17.7 Å². The van der Waals surface area contributed by atoms with Gasteiger partial charge in [-0.1, -0.05) is 58.0 Å². The van der Waals surface area contributed by atoms with E-state index in [9.17, 15) is 9.59 Å². The Morgan fingerprint density at radius 2 is 1.90 bits per heavy atom. The lowest BCUT2D eigenvalue weighted by Gasteiger charge is -2.19. The van der Waals surface area contributed by atoms with Crippen molar-refractivity contribution >= 4 is 23.7 Å². The van der Waals surface area contributed by atoms with Gasteiger partial charge >= 0.3 is 0 Å². The van der Waals surface area contributed by atoms with Gasteiger partial charge in [-0.3, -0.25) is 18.9 Å². The van der Waals surface area contributed by atoms with Crippen molar-refractivity contribution in [2.24, 2.45) is 5.41 Å². The van der Waals surface area contributed by atoms with Crippen LogP contribution in [0.3, 0.4) is 0 Å². The van der Waals surface area contributed by atoms with Crippen LogP contribution in [0.1, 0.15) is 39.0 Å². The molecule has 1 amide bonds. The van der Waals surface area contributed by atoms with E-state index in [0.29, 0.717) is 30.2 Å². The number of pyridine rings is 1. The number of ether oxygens (including phenoxy) is 1. The molecule has 0 radical (unpaired) electrons. The predicted octanol–water partition coefficient (Wildman–Crippen LogP) is 4.05. The van der Waals surface area contributed by atoms with Gasteiger partial charge in [0.05, 0.1) is 12.2 Å². The minimum Gasteiger partial charge on any atom is -0.482 e. The number of hydrogen-bond donors (Lipinski definition) is 0. The number of anilines is 1. The van der Waals surface area contributed by atoms with Crippen molar-refractivity contribution < 1.29 is 14.3 Å². The fourth-order valence-corrected chi connectivity index (χ4v) is 3.03. The Bertz CT molecular complexity index is 1000. The first-order chi connectivity index (χ1) is 13.8. The van der Waals surface area contributed by atoms with Crippen LogP contribution in [-0.4, -0.2) is 28.2 Å². The van der Waals surface area contributed by atoms with Crippen LogP contribution < -0.4 is 9.64 Å². The lowest BCUT2D eigenvalue weighted by Crippen LogP contribution is -2.26. The van der Waals surface area contributed by atoms with Crippen LogP contribution in [-0.2, 0) is 22.6 Å². The van der Waals surface area contributed by atoms with Crippen LogP contribution in [0.5, 0.6) is 5.75 Å². The third-order valence-corrected chi connectivity index (χ3v) is 4.78. The molecule has 6 heteroatoms. The predicted molar refractivity (Wildman–Crippen MR) is 113 cm³/mol. The number of benzene rings is 1. The Morgan fingerprint density at radius 1 is 1.17 bits per heavy atom. The number of fused-ring (bicyclic) bond motifs is 1. The lowest BCUT2D eigenvalue weighted by atomic mass is 9.91. The zero-order chi connectivity index (χ0) is 21.0. The number of amides is 1. The van der Waals surface area contributed by atoms with Crippen molar-refractivity contribution in [1.29, 1.82) is 0 Å². The SMILES string of the molecule is CCc1nc2c(OCC(=O)C(C)(C)C)cccn2c1N(C=O)Cc1ccccc1. The van der Waals surface area contributed by atoms with E-state index in [-0.39, 0.29) is 12.4 Å². The molecule has 0 bridgehead atoms. The van der Waals surface area contributed by atoms with Crippen LogP contribution in [0.15, 0.2) is 48.7 Å². The van der Waals surface area contributed by atoms with E-state index in [1.807, 2.05) is 74.7 Å². The molecule has 0 unspecified atom stereocenters. The third kappa shape index (κ3) is 4.47. The molecule has 0 fully saturated rings. The van der Waals surface area contributed by atoms with Gasteiger partial charge < -0.3 is 4.74 Å². The molecular weight excluding hydrogens is 366 g/mol. The second-order valence-corrected chi connectivity index (χ2v) is 7.98. The number of Topliss-reactive ketones (excluding diaryl/α,β-unsaturated/α-hetero) is 1. The molecule has 0 N–H and O–H groups in total. The number of imidazole rings is 1. The highest BCUT2D eigenvalue weighted by atomic mass is 16.5. The van der Waals surface area contributed by atoms with Gasteiger partial charge in [0.25, 0.3) is 0 Å². The number of rotatable bonds is 8. The maximum atomic E-state index is 12.3. The van der Waals surface area contributed by atoms with Gasteiger partial charge in [-0.05, 0) is 24.1 Å². The van der Waals surface area contributed by atoms with Crippen molar-refractivity contribution in [1.82, 2.24) is 9.38 Å². The Kier molecular flexibility index (Phi) is 6.01. The standard InChI is InChI=1S/C23H27N3O3/c1-5-18-22(25(16-27)14-17-10-7-6-8-11-17)26-13-9-12-19(21(26)24-18)29-15-20(28)23(2,3)4/h6-13,16H,5,14-15H2,1-4H3. The molecule has 0 spiro atoms. The first-order valence-electron chi connectivity index (χ1n) is 9.77. The summed E-state index contributed by atoms with van der Waals surface area (Å²) in [7, 11) is 0. The largest absolute Gasteiger partial charge is 0.482 e. The fraction of sp³-hybridized carbons (Fsp3) is 0.348. The summed E-state index contributed by atoms with van der Waals surface area (Å²) in [4.78, 5) is 30.6. The summed E-state index contributed by atoms with van der Waals surface area (Å²) in [5.74, 6) is 1.26. The maximum absolute atomic E-state index is 12.3. The highest BCUT2D eigenvalue weighted by Gasteiger charge is 2.23. The summed E-state index contributed by atoms with van der Waals surface area (Å²) in [6, 6.07) is 13.4. The molecule has 6 nitrogen and oxygen atoms in total. The molecule has 152 valence electrons. The average Bonchev–Trinajstić information content (AvgIpc) is 3.09. The van der Waals surface area contributed by atoms with Crippen LogP contribution in [0.4, 0.5) is 5.82 Å². The summed E-state index contributed by atoms with van der Waals surface area (Å²) in [6.07, 6.45) is 3.35. The van der Waals surface area contributed by atoms with Gasteiger partial charge in [0.1, 0.15) is 12.4 Å². The van der Waals surface area contributed by atoms with Crippen LogP contribution in [0.2, 0.25) is 0 Å². The molecular formula is C23H27N3O3. The van der Waals surface area contributed by atoms with E-state index in [4.69, 9.17) is 9.72 Å². The van der Waals surface area contributed by atoms with Crippen molar-refractivity contribution in [3.8, 4) is 5.75 Å². The second kappa shape index (κ2) is 8.47. The first-order valence-corrected chi connectivity index (χ1v) is 9.77. The van der Waals surface area contributed by atoms with Gasteiger partial charge in [-0.15, -0.1) is 0 Å². The number of nitrogens with zero attached hydrogens (tertiary/aromatic N) is 3. The molecule has 0 aliphatic carbocycles. The number of hydrogen-bond acceptors (Lipinski definition) is 4. The zero-order valence-corrected chi connectivity index (χ0v) is 17.4. The van der Waals surface area contributed by atoms with Crippen LogP contribution in [0.25, 0.3) is 5.65 Å². The molecule has 3 rings (SSSR count). The number of aromatic nitrogens is 2. The van der Waals surface area contributed by atoms with Crippen LogP contribution in [0, 0.1) is 5.41 Å². The van der Waals surface area contributed by atoms with E-state index in [2.05, 4.69) is 0 Å². The first kappa shape index (κ1) is 20.6. The average molecular weight is 393 g/mol. The molecule has 0 saturated carbocycles. The van der Waals surface area contributed by atoms with E-state index < -0.39 is 5.41 Å². The van der Waals surface area contributed by atoms with Gasteiger partial charge in [0, 0.05) is 11.6 Å². The van der Waals surface area contributed by atoms with Crippen molar-refractivity contribution in [2.75, 3.05) is 11.5 Å². The van der Waals surface area contributed by atoms with Gasteiger partial charge in [0.2, 0.25) is 6.41 Å². The van der Waals surface area contributed by atoms with Crippen molar-refractivity contribution in [3.63, 3.8) is 0 Å².